The van der Waals surface area contributed by atoms with E-state index in [1.165, 1.54) is 6.07 Å². The van der Waals surface area contributed by atoms with Crippen molar-refractivity contribution in [3.63, 3.8) is 0 Å². The third-order valence-electron chi connectivity index (χ3n) is 4.54. The molecule has 1 aliphatic rings. The van der Waals surface area contributed by atoms with Gasteiger partial charge in [0.25, 0.3) is 0 Å². The van der Waals surface area contributed by atoms with Gasteiger partial charge in [0.1, 0.15) is 11.3 Å². The first kappa shape index (κ1) is 17.7. The van der Waals surface area contributed by atoms with Crippen LogP contribution < -0.4 is 15.5 Å². The number of amides is 2. The van der Waals surface area contributed by atoms with E-state index >= 15 is 0 Å². The van der Waals surface area contributed by atoms with Crippen molar-refractivity contribution < 1.29 is 9.18 Å². The number of carbonyl (C=O) groups is 1. The van der Waals surface area contributed by atoms with E-state index in [-0.39, 0.29) is 0 Å². The Bertz CT molecular complexity index is 1000. The number of hydrogen-bond acceptors (Lipinski definition) is 3. The van der Waals surface area contributed by atoms with Crippen LogP contribution in [0.4, 0.5) is 26.4 Å². The standard InChI is InChI=1S/C20H18BrFN4O/c21-15-5-1-2-6-17(15)24-20(27)23-14-11-13-7-8-18(26-9-3-4-10-26)25-19(13)16(22)12-14/h1-2,5-8,11-12H,3-4,9-10H2,(H2,23,24,27). The molecule has 0 atom stereocenters. The van der Waals surface area contributed by atoms with Gasteiger partial charge in [-0.3, -0.25) is 0 Å². The van der Waals surface area contributed by atoms with Gasteiger partial charge in [0.05, 0.1) is 5.69 Å². The van der Waals surface area contributed by atoms with Gasteiger partial charge < -0.3 is 15.5 Å². The number of urea groups is 1. The molecule has 1 fully saturated rings. The molecule has 0 unspecified atom stereocenters. The average Bonchev–Trinajstić information content (AvgIpc) is 3.18. The van der Waals surface area contributed by atoms with E-state index in [1.807, 2.05) is 30.3 Å². The Kier molecular flexibility index (Phi) is 4.94. The van der Waals surface area contributed by atoms with Gasteiger partial charge in [-0.1, -0.05) is 12.1 Å². The van der Waals surface area contributed by atoms with Crippen molar-refractivity contribution in [2.75, 3.05) is 28.6 Å². The van der Waals surface area contributed by atoms with Crippen molar-refractivity contribution in [2.24, 2.45) is 0 Å². The molecule has 7 heteroatoms. The summed E-state index contributed by atoms with van der Waals surface area (Å²) in [5, 5.41) is 6.05. The van der Waals surface area contributed by atoms with Gasteiger partial charge in [0.15, 0.2) is 5.82 Å². The Labute approximate surface area is 164 Å². The van der Waals surface area contributed by atoms with E-state index in [2.05, 4.69) is 36.4 Å². The van der Waals surface area contributed by atoms with E-state index in [1.54, 1.807) is 12.1 Å². The van der Waals surface area contributed by atoms with Gasteiger partial charge in [0, 0.05) is 28.6 Å². The minimum absolute atomic E-state index is 0.316. The zero-order chi connectivity index (χ0) is 18.8. The number of nitrogens with one attached hydrogen (secondary N) is 2. The number of carbonyl (C=O) groups excluding carboxylic acids is 1. The Balaban J connectivity index is 1.55. The van der Waals surface area contributed by atoms with Crippen LogP contribution in [0.15, 0.2) is 53.0 Å². The molecule has 3 aromatic rings. The average molecular weight is 429 g/mol. The molecule has 0 bridgehead atoms. The van der Waals surface area contributed by atoms with E-state index in [0.717, 1.165) is 36.2 Å². The van der Waals surface area contributed by atoms with E-state index in [0.29, 0.717) is 22.3 Å². The summed E-state index contributed by atoms with van der Waals surface area (Å²) in [5.41, 5.74) is 1.32. The van der Waals surface area contributed by atoms with Gasteiger partial charge >= 0.3 is 6.03 Å². The van der Waals surface area contributed by atoms with Crippen molar-refractivity contribution in [1.82, 2.24) is 4.98 Å². The minimum atomic E-state index is -0.454. The molecule has 0 radical (unpaired) electrons. The lowest BCUT2D eigenvalue weighted by Gasteiger charge is -2.17. The molecule has 0 saturated carbocycles. The first-order valence-electron chi connectivity index (χ1n) is 8.78. The van der Waals surface area contributed by atoms with Crippen molar-refractivity contribution in [2.45, 2.75) is 12.8 Å². The van der Waals surface area contributed by atoms with Crippen LogP contribution in [0.2, 0.25) is 0 Å². The quantitative estimate of drug-likeness (QED) is 0.588. The highest BCUT2D eigenvalue weighted by molar-refractivity contribution is 9.10. The normalized spacial score (nSPS) is 13.8. The predicted molar refractivity (Wildman–Crippen MR) is 110 cm³/mol. The Morgan fingerprint density at radius 3 is 2.63 bits per heavy atom. The second-order valence-electron chi connectivity index (χ2n) is 6.45. The summed E-state index contributed by atoms with van der Waals surface area (Å²) in [6.07, 6.45) is 2.27. The van der Waals surface area contributed by atoms with Crippen molar-refractivity contribution in [3.05, 3.63) is 58.8 Å². The number of halogens is 2. The largest absolute Gasteiger partial charge is 0.357 e. The van der Waals surface area contributed by atoms with Crippen LogP contribution in [-0.2, 0) is 0 Å². The molecule has 2 heterocycles. The number of fused-ring (bicyclic) bond motifs is 1. The molecule has 2 N–H and O–H groups in total. The molecule has 4 rings (SSSR count). The monoisotopic (exact) mass is 428 g/mol. The summed E-state index contributed by atoms with van der Waals surface area (Å²) in [5.74, 6) is 0.344. The molecular weight excluding hydrogens is 411 g/mol. The lowest BCUT2D eigenvalue weighted by molar-refractivity contribution is 0.262. The van der Waals surface area contributed by atoms with Crippen LogP contribution in [0.5, 0.6) is 0 Å². The summed E-state index contributed by atoms with van der Waals surface area (Å²) < 4.78 is 15.4. The maximum absolute atomic E-state index is 14.6. The highest BCUT2D eigenvalue weighted by Gasteiger charge is 2.15. The van der Waals surface area contributed by atoms with Gasteiger partial charge in [-0.05, 0) is 65.2 Å². The summed E-state index contributed by atoms with van der Waals surface area (Å²) in [4.78, 5) is 18.9. The molecule has 1 saturated heterocycles. The predicted octanol–water partition coefficient (Wildman–Crippen LogP) is 5.38. The number of benzene rings is 2. The highest BCUT2D eigenvalue weighted by atomic mass is 79.9. The number of rotatable bonds is 3. The van der Waals surface area contributed by atoms with E-state index in [4.69, 9.17) is 0 Å². The molecular formula is C20H18BrFN4O. The summed E-state index contributed by atoms with van der Waals surface area (Å²) in [7, 11) is 0. The minimum Gasteiger partial charge on any atom is -0.357 e. The van der Waals surface area contributed by atoms with Crippen molar-refractivity contribution >= 4 is 50.1 Å². The third kappa shape index (κ3) is 3.88. The molecule has 27 heavy (non-hydrogen) atoms. The Morgan fingerprint density at radius 2 is 1.85 bits per heavy atom. The fraction of sp³-hybridized carbons (Fsp3) is 0.200. The molecule has 1 aromatic heterocycles. The maximum Gasteiger partial charge on any atom is 0.323 e. The van der Waals surface area contributed by atoms with Crippen LogP contribution in [0, 0.1) is 5.82 Å². The van der Waals surface area contributed by atoms with Gasteiger partial charge in [0.2, 0.25) is 0 Å². The fourth-order valence-electron chi connectivity index (χ4n) is 3.22. The second-order valence-corrected chi connectivity index (χ2v) is 7.31. The maximum atomic E-state index is 14.6. The van der Waals surface area contributed by atoms with Gasteiger partial charge in [-0.2, -0.15) is 0 Å². The topological polar surface area (TPSA) is 57.3 Å². The first-order chi connectivity index (χ1) is 13.1. The van der Waals surface area contributed by atoms with Gasteiger partial charge in [-0.15, -0.1) is 0 Å². The molecule has 0 spiro atoms. The summed E-state index contributed by atoms with van der Waals surface area (Å²) in [6.45, 7) is 1.91. The van der Waals surface area contributed by atoms with Gasteiger partial charge in [-0.25, -0.2) is 14.2 Å². The lowest BCUT2D eigenvalue weighted by Crippen LogP contribution is -2.20. The van der Waals surface area contributed by atoms with E-state index in [9.17, 15) is 9.18 Å². The van der Waals surface area contributed by atoms with Crippen LogP contribution in [0.25, 0.3) is 10.9 Å². The Hall–Kier alpha value is -2.67. The molecule has 5 nitrogen and oxygen atoms in total. The molecule has 1 aliphatic heterocycles. The lowest BCUT2D eigenvalue weighted by atomic mass is 10.2. The number of para-hydroxylation sites is 1. The van der Waals surface area contributed by atoms with Crippen LogP contribution in [0.1, 0.15) is 12.8 Å². The summed E-state index contributed by atoms with van der Waals surface area (Å²) >= 11 is 3.37. The smallest absolute Gasteiger partial charge is 0.323 e. The number of pyridine rings is 1. The zero-order valence-corrected chi connectivity index (χ0v) is 16.1. The van der Waals surface area contributed by atoms with Crippen LogP contribution in [0.3, 0.4) is 0 Å². The van der Waals surface area contributed by atoms with E-state index < -0.39 is 11.8 Å². The Morgan fingerprint density at radius 1 is 1.07 bits per heavy atom. The van der Waals surface area contributed by atoms with Crippen LogP contribution >= 0.6 is 15.9 Å². The fourth-order valence-corrected chi connectivity index (χ4v) is 3.61. The number of nitrogens with zero attached hydrogens (tertiary/aromatic N) is 2. The van der Waals surface area contributed by atoms with Crippen LogP contribution in [-0.4, -0.2) is 24.1 Å². The van der Waals surface area contributed by atoms with Crippen molar-refractivity contribution in [1.29, 1.82) is 0 Å². The zero-order valence-electron chi connectivity index (χ0n) is 14.5. The number of hydrogen-bond donors (Lipinski definition) is 2. The first-order valence-corrected chi connectivity index (χ1v) is 9.57. The number of aromatic nitrogens is 1. The SMILES string of the molecule is O=C(Nc1cc(F)c2nc(N3CCCC3)ccc2c1)Nc1ccccc1Br. The molecule has 2 amide bonds. The third-order valence-corrected chi connectivity index (χ3v) is 5.23. The molecule has 138 valence electrons. The molecule has 2 aromatic carbocycles. The number of anilines is 3. The molecule has 0 aliphatic carbocycles. The summed E-state index contributed by atoms with van der Waals surface area (Å²) in [6, 6.07) is 13.6. The van der Waals surface area contributed by atoms with Crippen molar-refractivity contribution in [3.8, 4) is 0 Å². The highest BCUT2D eigenvalue weighted by Crippen LogP contribution is 2.26. The second kappa shape index (κ2) is 7.52.